The van der Waals surface area contributed by atoms with Gasteiger partial charge in [-0.05, 0) is 17.5 Å². The molecule has 0 radical (unpaired) electrons. The monoisotopic (exact) mass is 219 g/mol. The van der Waals surface area contributed by atoms with Crippen LogP contribution >= 0.6 is 0 Å². The Labute approximate surface area is 96.0 Å². The van der Waals surface area contributed by atoms with Crippen molar-refractivity contribution in [3.8, 4) is 0 Å². The molecule has 0 spiro atoms. The molecule has 0 fully saturated rings. The zero-order chi connectivity index (χ0) is 12.1. The van der Waals surface area contributed by atoms with E-state index in [1.165, 1.54) is 4.90 Å². The second-order valence-electron chi connectivity index (χ2n) is 3.90. The van der Waals surface area contributed by atoms with Crippen molar-refractivity contribution in [2.45, 2.75) is 19.8 Å². The Kier molecular flexibility index (Phi) is 4.11. The molecule has 1 aromatic rings. The van der Waals surface area contributed by atoms with Gasteiger partial charge < -0.3 is 5.11 Å². The molecule has 0 unspecified atom stereocenters. The Morgan fingerprint density at radius 1 is 1.50 bits per heavy atom. The van der Waals surface area contributed by atoms with E-state index in [0.29, 0.717) is 12.5 Å². The van der Waals surface area contributed by atoms with Crippen LogP contribution < -0.4 is 4.90 Å². The molecule has 0 aliphatic heterocycles. The summed E-state index contributed by atoms with van der Waals surface area (Å²) in [5.41, 5.74) is 1.77. The molecule has 0 saturated carbocycles. The molecule has 0 aliphatic carbocycles. The molecule has 86 valence electrons. The molecule has 0 bridgehead atoms. The first-order valence-corrected chi connectivity index (χ1v) is 5.28. The van der Waals surface area contributed by atoms with Gasteiger partial charge in [0.05, 0.1) is 5.69 Å². The third kappa shape index (κ3) is 2.63. The van der Waals surface area contributed by atoms with E-state index in [2.05, 4.69) is 6.58 Å². The van der Waals surface area contributed by atoms with Crippen molar-refractivity contribution in [1.29, 1.82) is 0 Å². The quantitative estimate of drug-likeness (QED) is 0.787. The number of nitrogens with zero attached hydrogens (tertiary/aromatic N) is 1. The third-order valence-corrected chi connectivity index (χ3v) is 2.39. The summed E-state index contributed by atoms with van der Waals surface area (Å²) < 4.78 is 0. The summed E-state index contributed by atoms with van der Waals surface area (Å²) in [5, 5.41) is 9.14. The van der Waals surface area contributed by atoms with E-state index < -0.39 is 6.09 Å². The van der Waals surface area contributed by atoms with Crippen LogP contribution in [0.5, 0.6) is 0 Å². The largest absolute Gasteiger partial charge is 0.465 e. The molecule has 1 rings (SSSR count). The Morgan fingerprint density at radius 2 is 2.12 bits per heavy atom. The van der Waals surface area contributed by atoms with Crippen molar-refractivity contribution in [2.24, 2.45) is 0 Å². The summed E-state index contributed by atoms with van der Waals surface area (Å²) in [4.78, 5) is 12.5. The third-order valence-electron chi connectivity index (χ3n) is 2.39. The lowest BCUT2D eigenvalue weighted by Gasteiger charge is -2.22. The van der Waals surface area contributed by atoms with E-state index in [9.17, 15) is 4.79 Å². The van der Waals surface area contributed by atoms with E-state index >= 15 is 0 Å². The predicted octanol–water partition coefficient (Wildman–Crippen LogP) is 3.48. The average molecular weight is 219 g/mol. The summed E-state index contributed by atoms with van der Waals surface area (Å²) in [7, 11) is 0. The molecule has 1 amide bonds. The van der Waals surface area contributed by atoms with Gasteiger partial charge in [-0.25, -0.2) is 4.79 Å². The minimum Gasteiger partial charge on any atom is -0.465 e. The van der Waals surface area contributed by atoms with Crippen LogP contribution in [0, 0.1) is 0 Å². The Bertz CT molecular complexity index is 385. The first kappa shape index (κ1) is 12.3. The number of hydrogen-bond donors (Lipinski definition) is 1. The fourth-order valence-electron chi connectivity index (χ4n) is 1.63. The van der Waals surface area contributed by atoms with Crippen LogP contribution in [0.25, 0.3) is 0 Å². The van der Waals surface area contributed by atoms with E-state index in [1.807, 2.05) is 38.1 Å². The fraction of sp³-hybridized carbons (Fsp3) is 0.308. The maximum absolute atomic E-state index is 11.1. The molecule has 1 aromatic carbocycles. The van der Waals surface area contributed by atoms with Gasteiger partial charge in [-0.1, -0.05) is 38.1 Å². The van der Waals surface area contributed by atoms with Crippen LogP contribution in [0.15, 0.2) is 36.9 Å². The number of hydrogen-bond acceptors (Lipinski definition) is 1. The SMILES string of the molecule is C=CCN(C(=O)O)c1ccccc1C(C)C. The molecule has 0 aromatic heterocycles. The smallest absolute Gasteiger partial charge is 0.412 e. The van der Waals surface area contributed by atoms with Crippen LogP contribution in [-0.4, -0.2) is 17.7 Å². The first-order valence-electron chi connectivity index (χ1n) is 5.28. The van der Waals surface area contributed by atoms with Crippen LogP contribution in [0.1, 0.15) is 25.3 Å². The maximum Gasteiger partial charge on any atom is 0.412 e. The normalized spacial score (nSPS) is 10.2. The molecule has 16 heavy (non-hydrogen) atoms. The van der Waals surface area contributed by atoms with Crippen molar-refractivity contribution in [2.75, 3.05) is 11.4 Å². The molecule has 0 saturated heterocycles. The van der Waals surface area contributed by atoms with Crippen molar-refractivity contribution in [1.82, 2.24) is 0 Å². The lowest BCUT2D eigenvalue weighted by atomic mass is 10.0. The highest BCUT2D eigenvalue weighted by Crippen LogP contribution is 2.27. The summed E-state index contributed by atoms with van der Waals surface area (Å²) in [5.74, 6) is 0.294. The number of benzene rings is 1. The standard InChI is InChI=1S/C13H17NO2/c1-4-9-14(13(15)16)12-8-6-5-7-11(12)10(2)3/h4-8,10H,1,9H2,2-3H3,(H,15,16). The average Bonchev–Trinajstić information content (AvgIpc) is 2.25. The molecule has 3 heteroatoms. The second kappa shape index (κ2) is 5.35. The maximum atomic E-state index is 11.1. The van der Waals surface area contributed by atoms with Gasteiger partial charge in [0.25, 0.3) is 0 Å². The minimum atomic E-state index is -0.951. The highest BCUT2D eigenvalue weighted by molar-refractivity contribution is 5.87. The Balaban J connectivity index is 3.17. The van der Waals surface area contributed by atoms with Crippen molar-refractivity contribution >= 4 is 11.8 Å². The lowest BCUT2D eigenvalue weighted by molar-refractivity contribution is 0.202. The first-order chi connectivity index (χ1) is 7.57. The summed E-state index contributed by atoms with van der Waals surface area (Å²) >= 11 is 0. The van der Waals surface area contributed by atoms with E-state index in [1.54, 1.807) is 6.08 Å². The minimum absolute atomic E-state index is 0.294. The van der Waals surface area contributed by atoms with Gasteiger partial charge in [0.2, 0.25) is 0 Å². The van der Waals surface area contributed by atoms with Crippen molar-refractivity contribution < 1.29 is 9.90 Å². The zero-order valence-electron chi connectivity index (χ0n) is 9.68. The second-order valence-corrected chi connectivity index (χ2v) is 3.90. The van der Waals surface area contributed by atoms with E-state index in [-0.39, 0.29) is 0 Å². The molecule has 0 atom stereocenters. The highest BCUT2D eigenvalue weighted by atomic mass is 16.4. The highest BCUT2D eigenvalue weighted by Gasteiger charge is 2.17. The van der Waals surface area contributed by atoms with E-state index in [0.717, 1.165) is 11.3 Å². The lowest BCUT2D eigenvalue weighted by Crippen LogP contribution is -2.30. The topological polar surface area (TPSA) is 40.5 Å². The van der Waals surface area contributed by atoms with Crippen LogP contribution in [0.2, 0.25) is 0 Å². The number of rotatable bonds is 4. The number of carbonyl (C=O) groups is 1. The van der Waals surface area contributed by atoms with E-state index in [4.69, 9.17) is 5.11 Å². The molecular formula is C13H17NO2. The number of amides is 1. The van der Waals surface area contributed by atoms with Crippen molar-refractivity contribution in [3.05, 3.63) is 42.5 Å². The van der Waals surface area contributed by atoms with Gasteiger partial charge in [-0.15, -0.1) is 6.58 Å². The van der Waals surface area contributed by atoms with Crippen molar-refractivity contribution in [3.63, 3.8) is 0 Å². The Hall–Kier alpha value is -1.77. The fourth-order valence-corrected chi connectivity index (χ4v) is 1.63. The van der Waals surface area contributed by atoms with Gasteiger partial charge in [0.1, 0.15) is 0 Å². The molecule has 0 heterocycles. The van der Waals surface area contributed by atoms with Gasteiger partial charge in [-0.2, -0.15) is 0 Å². The summed E-state index contributed by atoms with van der Waals surface area (Å²) in [6.45, 7) is 7.98. The molecule has 1 N–H and O–H groups in total. The summed E-state index contributed by atoms with van der Waals surface area (Å²) in [6.07, 6.45) is 0.638. The van der Waals surface area contributed by atoms with Gasteiger partial charge in [-0.3, -0.25) is 4.90 Å². The Morgan fingerprint density at radius 3 is 2.62 bits per heavy atom. The molecule has 0 aliphatic rings. The number of carboxylic acid groups (broad SMARTS) is 1. The summed E-state index contributed by atoms with van der Waals surface area (Å²) in [6, 6.07) is 7.55. The number of anilines is 1. The van der Waals surface area contributed by atoms with Gasteiger partial charge in [0, 0.05) is 6.54 Å². The van der Waals surface area contributed by atoms with Crippen LogP contribution in [-0.2, 0) is 0 Å². The zero-order valence-corrected chi connectivity index (χ0v) is 9.68. The molecular weight excluding hydrogens is 202 g/mol. The number of para-hydroxylation sites is 1. The van der Waals surface area contributed by atoms with Gasteiger partial charge in [0.15, 0.2) is 0 Å². The molecule has 3 nitrogen and oxygen atoms in total. The van der Waals surface area contributed by atoms with Crippen LogP contribution in [0.3, 0.4) is 0 Å². The van der Waals surface area contributed by atoms with Gasteiger partial charge >= 0.3 is 6.09 Å². The van der Waals surface area contributed by atoms with Crippen LogP contribution in [0.4, 0.5) is 10.5 Å². The predicted molar refractivity (Wildman–Crippen MR) is 66.1 cm³/mol.